The fourth-order valence-corrected chi connectivity index (χ4v) is 3.44. The van der Waals surface area contributed by atoms with Crippen molar-refractivity contribution in [3.63, 3.8) is 0 Å². The number of nitrogens with two attached hydrogens (primary N) is 1. The topological polar surface area (TPSA) is 103 Å². The monoisotopic (exact) mass is 433 g/mol. The van der Waals surface area contributed by atoms with Crippen molar-refractivity contribution in [1.82, 2.24) is 20.1 Å². The summed E-state index contributed by atoms with van der Waals surface area (Å²) in [7, 11) is 0. The zero-order valence-corrected chi connectivity index (χ0v) is 16.4. The van der Waals surface area contributed by atoms with Crippen molar-refractivity contribution in [3.8, 4) is 5.88 Å². The number of carbonyl (C=O) groups excluding carboxylic acids is 1. The predicted molar refractivity (Wildman–Crippen MR) is 104 cm³/mol. The molecule has 0 unspecified atom stereocenters. The highest BCUT2D eigenvalue weighted by atomic mass is 19.3. The number of amides is 1. The molecule has 31 heavy (non-hydrogen) atoms. The number of anilines is 1. The van der Waals surface area contributed by atoms with E-state index >= 15 is 0 Å². The third-order valence-corrected chi connectivity index (χ3v) is 4.97. The molecule has 0 saturated heterocycles. The first-order chi connectivity index (χ1) is 14.9. The molecule has 2 N–H and O–H groups in total. The second-order valence-corrected chi connectivity index (χ2v) is 6.86. The Hall–Kier alpha value is -3.47. The lowest BCUT2D eigenvalue weighted by Gasteiger charge is -2.21. The Morgan fingerprint density at radius 2 is 2.03 bits per heavy atom. The second kappa shape index (κ2) is 8.34. The Balaban J connectivity index is 1.62. The minimum absolute atomic E-state index is 0.00990. The van der Waals surface area contributed by atoms with Crippen molar-refractivity contribution < 1.29 is 27.4 Å². The van der Waals surface area contributed by atoms with E-state index in [1.54, 1.807) is 6.92 Å². The fraction of sp³-hybridized carbons (Fsp3) is 0.300. The lowest BCUT2D eigenvalue weighted by atomic mass is 10.0. The summed E-state index contributed by atoms with van der Waals surface area (Å²) < 4.78 is 48.9. The molecule has 0 aliphatic carbocycles. The number of halogens is 3. The van der Waals surface area contributed by atoms with Crippen molar-refractivity contribution in [2.45, 2.75) is 33.3 Å². The van der Waals surface area contributed by atoms with Crippen molar-refractivity contribution in [3.05, 3.63) is 52.5 Å². The third kappa shape index (κ3) is 4.08. The van der Waals surface area contributed by atoms with Crippen LogP contribution >= 0.6 is 0 Å². The van der Waals surface area contributed by atoms with E-state index in [-0.39, 0.29) is 30.4 Å². The van der Waals surface area contributed by atoms with Crippen LogP contribution in [-0.2, 0) is 24.5 Å². The summed E-state index contributed by atoms with van der Waals surface area (Å²) in [5.41, 5.74) is 8.02. The fourth-order valence-electron chi connectivity index (χ4n) is 3.44. The molecule has 1 aromatic carbocycles. The Kier molecular flexibility index (Phi) is 5.59. The SMILES string of the molecule is CCN(Cc1ccc(OC(F)F)nn1)C(=O)c1cc2c3c(c(N)nc2cc1F)COC3. The van der Waals surface area contributed by atoms with Crippen LogP contribution in [-0.4, -0.2) is 39.1 Å². The largest absolute Gasteiger partial charge is 0.415 e. The van der Waals surface area contributed by atoms with E-state index < -0.39 is 18.3 Å². The molecule has 1 amide bonds. The van der Waals surface area contributed by atoms with Gasteiger partial charge >= 0.3 is 6.61 Å². The number of ether oxygens (including phenoxy) is 2. The summed E-state index contributed by atoms with van der Waals surface area (Å²) in [6.07, 6.45) is 0. The van der Waals surface area contributed by atoms with E-state index in [1.807, 2.05) is 0 Å². The molecule has 1 aliphatic rings. The van der Waals surface area contributed by atoms with E-state index in [0.29, 0.717) is 29.8 Å². The van der Waals surface area contributed by atoms with Crippen LogP contribution in [0, 0.1) is 5.82 Å². The molecule has 162 valence electrons. The minimum atomic E-state index is -3.01. The Morgan fingerprint density at radius 1 is 1.26 bits per heavy atom. The van der Waals surface area contributed by atoms with Crippen LogP contribution in [0.1, 0.15) is 34.1 Å². The van der Waals surface area contributed by atoms with Gasteiger partial charge < -0.3 is 20.1 Å². The summed E-state index contributed by atoms with van der Waals surface area (Å²) in [4.78, 5) is 18.6. The molecule has 3 heterocycles. The molecular formula is C20H18F3N5O3. The highest BCUT2D eigenvalue weighted by Crippen LogP contribution is 2.32. The maximum atomic E-state index is 14.8. The number of nitrogens with zero attached hydrogens (tertiary/aromatic N) is 4. The molecule has 8 nitrogen and oxygen atoms in total. The lowest BCUT2D eigenvalue weighted by molar-refractivity contribution is -0.0534. The van der Waals surface area contributed by atoms with E-state index in [2.05, 4.69) is 19.9 Å². The number of nitrogen functional groups attached to an aromatic ring is 1. The van der Waals surface area contributed by atoms with Crippen molar-refractivity contribution >= 4 is 22.6 Å². The van der Waals surface area contributed by atoms with Crippen LogP contribution in [0.15, 0.2) is 24.3 Å². The average Bonchev–Trinajstić information content (AvgIpc) is 3.23. The van der Waals surface area contributed by atoms with E-state index in [9.17, 15) is 18.0 Å². The standard InChI is InChI=1S/C20H18F3N5O3/c1-2-28(7-10-3-4-17(27-26-10)31-20(22)23)19(29)12-5-11-13-8-30-9-14(13)18(24)25-16(11)6-15(12)21/h3-6,20H,2,7-9H2,1H3,(H2,24,25). The molecule has 11 heteroatoms. The smallest absolute Gasteiger partial charge is 0.388 e. The van der Waals surface area contributed by atoms with Crippen LogP contribution in [0.3, 0.4) is 0 Å². The second-order valence-electron chi connectivity index (χ2n) is 6.86. The molecule has 0 atom stereocenters. The van der Waals surface area contributed by atoms with E-state index in [1.165, 1.54) is 29.2 Å². The summed E-state index contributed by atoms with van der Waals surface area (Å²) in [6, 6.07) is 5.28. The van der Waals surface area contributed by atoms with Gasteiger partial charge in [0.15, 0.2) is 0 Å². The number of hydrogen-bond donors (Lipinski definition) is 1. The van der Waals surface area contributed by atoms with Crippen molar-refractivity contribution in [2.75, 3.05) is 12.3 Å². The van der Waals surface area contributed by atoms with Gasteiger partial charge in [-0.2, -0.15) is 13.9 Å². The lowest BCUT2D eigenvalue weighted by Crippen LogP contribution is -2.31. The van der Waals surface area contributed by atoms with Gasteiger partial charge in [0.25, 0.3) is 5.91 Å². The number of alkyl halides is 2. The van der Waals surface area contributed by atoms with Crippen molar-refractivity contribution in [2.24, 2.45) is 0 Å². The number of benzene rings is 1. The zero-order chi connectivity index (χ0) is 22.1. The minimum Gasteiger partial charge on any atom is -0.415 e. The van der Waals surface area contributed by atoms with Crippen LogP contribution < -0.4 is 10.5 Å². The Morgan fingerprint density at radius 3 is 2.71 bits per heavy atom. The van der Waals surface area contributed by atoms with Gasteiger partial charge in [-0.1, -0.05) is 0 Å². The highest BCUT2D eigenvalue weighted by Gasteiger charge is 2.24. The first-order valence-electron chi connectivity index (χ1n) is 9.42. The van der Waals surface area contributed by atoms with Crippen LogP contribution in [0.25, 0.3) is 10.9 Å². The van der Waals surface area contributed by atoms with Gasteiger partial charge in [0.05, 0.1) is 36.5 Å². The van der Waals surface area contributed by atoms with Gasteiger partial charge in [-0.15, -0.1) is 5.10 Å². The number of carbonyl (C=O) groups is 1. The molecule has 3 aromatic rings. The number of aromatic nitrogens is 3. The predicted octanol–water partition coefficient (Wildman–Crippen LogP) is 3.04. The first-order valence-corrected chi connectivity index (χ1v) is 9.42. The highest BCUT2D eigenvalue weighted by molar-refractivity contribution is 5.99. The Labute approximate surface area is 174 Å². The molecule has 0 spiro atoms. The van der Waals surface area contributed by atoms with Crippen LogP contribution in [0.4, 0.5) is 19.0 Å². The van der Waals surface area contributed by atoms with Crippen LogP contribution in [0.5, 0.6) is 5.88 Å². The molecule has 4 rings (SSSR count). The van der Waals surface area contributed by atoms with Crippen LogP contribution in [0.2, 0.25) is 0 Å². The molecule has 2 aromatic heterocycles. The molecule has 0 fully saturated rings. The molecule has 1 aliphatic heterocycles. The molecule has 0 saturated carbocycles. The maximum Gasteiger partial charge on any atom is 0.388 e. The van der Waals surface area contributed by atoms with Gasteiger partial charge in [0.2, 0.25) is 5.88 Å². The number of pyridine rings is 1. The summed E-state index contributed by atoms with van der Waals surface area (Å²) in [6.45, 7) is -0.397. The molecule has 0 bridgehead atoms. The van der Waals surface area contributed by atoms with E-state index in [0.717, 1.165) is 11.1 Å². The summed E-state index contributed by atoms with van der Waals surface area (Å²) in [5, 5.41) is 7.94. The maximum absolute atomic E-state index is 14.8. The number of fused-ring (bicyclic) bond motifs is 3. The quantitative estimate of drug-likeness (QED) is 0.637. The summed E-state index contributed by atoms with van der Waals surface area (Å²) in [5.74, 6) is -1.34. The molecule has 0 radical (unpaired) electrons. The summed E-state index contributed by atoms with van der Waals surface area (Å²) >= 11 is 0. The normalized spacial score (nSPS) is 12.9. The van der Waals surface area contributed by atoms with E-state index in [4.69, 9.17) is 10.5 Å². The molecular weight excluding hydrogens is 415 g/mol. The van der Waals surface area contributed by atoms with Gasteiger partial charge in [-0.25, -0.2) is 9.37 Å². The third-order valence-electron chi connectivity index (χ3n) is 4.97. The van der Waals surface area contributed by atoms with Gasteiger partial charge in [-0.3, -0.25) is 4.79 Å². The number of rotatable bonds is 6. The van der Waals surface area contributed by atoms with Gasteiger partial charge in [-0.05, 0) is 24.6 Å². The average molecular weight is 433 g/mol. The number of hydrogen-bond acceptors (Lipinski definition) is 7. The Bertz CT molecular complexity index is 1140. The van der Waals surface area contributed by atoms with Crippen molar-refractivity contribution in [1.29, 1.82) is 0 Å². The van der Waals surface area contributed by atoms with Gasteiger partial charge in [0, 0.05) is 29.6 Å². The first kappa shape index (κ1) is 20.8. The van der Waals surface area contributed by atoms with Gasteiger partial charge in [0.1, 0.15) is 11.6 Å². The zero-order valence-electron chi connectivity index (χ0n) is 16.4.